The van der Waals surface area contributed by atoms with Crippen LogP contribution in [-0.2, 0) is 16.6 Å². The van der Waals surface area contributed by atoms with Crippen molar-refractivity contribution >= 4 is 17.0 Å². The monoisotopic (exact) mass is 274 g/mol. The summed E-state index contributed by atoms with van der Waals surface area (Å²) in [6, 6.07) is 6.03. The molecule has 2 aromatic rings. The number of aryl methyl sites for hydroxylation is 2. The van der Waals surface area contributed by atoms with Crippen molar-refractivity contribution in [2.45, 2.75) is 33.6 Å². The summed E-state index contributed by atoms with van der Waals surface area (Å²) in [5.74, 6) is 0.401. The standard InChI is InChI=1S/C16H22N2O2/c1-6-20-16(19)13(10(2)3)15-17-12-9-7-8-11(4)14(12)18(15)5/h7-10,13H,6H2,1-5H3. The number of hydrogen-bond donors (Lipinski definition) is 0. The highest BCUT2D eigenvalue weighted by atomic mass is 16.5. The highest BCUT2D eigenvalue weighted by Gasteiger charge is 2.30. The quantitative estimate of drug-likeness (QED) is 0.804. The van der Waals surface area contributed by atoms with Crippen LogP contribution in [0.4, 0.5) is 0 Å². The highest BCUT2D eigenvalue weighted by molar-refractivity contribution is 5.83. The first-order chi connectivity index (χ1) is 9.47. The minimum absolute atomic E-state index is 0.143. The second-order valence-electron chi connectivity index (χ2n) is 5.45. The molecule has 0 aliphatic rings. The van der Waals surface area contributed by atoms with Gasteiger partial charge < -0.3 is 9.30 Å². The van der Waals surface area contributed by atoms with Crippen molar-refractivity contribution in [1.82, 2.24) is 9.55 Å². The maximum atomic E-state index is 12.2. The Morgan fingerprint density at radius 1 is 1.40 bits per heavy atom. The third-order valence-electron chi connectivity index (χ3n) is 3.62. The predicted octanol–water partition coefficient (Wildman–Crippen LogP) is 3.18. The molecule has 0 fully saturated rings. The minimum Gasteiger partial charge on any atom is -0.465 e. The lowest BCUT2D eigenvalue weighted by Crippen LogP contribution is -2.23. The van der Waals surface area contributed by atoms with Gasteiger partial charge in [0.2, 0.25) is 0 Å². The lowest BCUT2D eigenvalue weighted by Gasteiger charge is -2.18. The molecule has 0 amide bonds. The van der Waals surface area contributed by atoms with Crippen molar-refractivity contribution in [3.05, 3.63) is 29.6 Å². The van der Waals surface area contributed by atoms with E-state index in [1.165, 1.54) is 0 Å². The van der Waals surface area contributed by atoms with Gasteiger partial charge in [-0.05, 0) is 31.4 Å². The smallest absolute Gasteiger partial charge is 0.316 e. The van der Waals surface area contributed by atoms with E-state index in [2.05, 4.69) is 18.0 Å². The summed E-state index contributed by atoms with van der Waals surface area (Å²) in [4.78, 5) is 16.9. The molecular weight excluding hydrogens is 252 g/mol. The van der Waals surface area contributed by atoms with Gasteiger partial charge in [0.05, 0.1) is 17.6 Å². The number of ether oxygens (including phenoxy) is 1. The van der Waals surface area contributed by atoms with Crippen LogP contribution in [0.15, 0.2) is 18.2 Å². The van der Waals surface area contributed by atoms with E-state index < -0.39 is 0 Å². The summed E-state index contributed by atoms with van der Waals surface area (Å²) in [7, 11) is 1.96. The van der Waals surface area contributed by atoms with Crippen LogP contribution in [0.1, 0.15) is 38.1 Å². The molecule has 0 saturated heterocycles. The molecule has 1 atom stereocenters. The van der Waals surface area contributed by atoms with Gasteiger partial charge in [-0.3, -0.25) is 4.79 Å². The van der Waals surface area contributed by atoms with E-state index in [1.807, 2.05) is 44.5 Å². The number of carbonyl (C=O) groups excluding carboxylic acids is 1. The zero-order valence-corrected chi connectivity index (χ0v) is 12.8. The number of aromatic nitrogens is 2. The van der Waals surface area contributed by atoms with Gasteiger partial charge in [0.25, 0.3) is 0 Å². The number of nitrogens with zero attached hydrogens (tertiary/aromatic N) is 2. The van der Waals surface area contributed by atoms with Gasteiger partial charge in [-0.25, -0.2) is 4.98 Å². The predicted molar refractivity (Wildman–Crippen MR) is 79.7 cm³/mol. The van der Waals surface area contributed by atoms with E-state index in [4.69, 9.17) is 4.74 Å². The molecule has 1 aromatic carbocycles. The van der Waals surface area contributed by atoms with Gasteiger partial charge in [-0.1, -0.05) is 26.0 Å². The number of benzene rings is 1. The molecule has 0 bridgehead atoms. The average molecular weight is 274 g/mol. The van der Waals surface area contributed by atoms with Crippen LogP contribution >= 0.6 is 0 Å². The zero-order chi connectivity index (χ0) is 14.9. The van der Waals surface area contributed by atoms with Crippen LogP contribution in [0.25, 0.3) is 11.0 Å². The lowest BCUT2D eigenvalue weighted by molar-refractivity contribution is -0.146. The number of fused-ring (bicyclic) bond motifs is 1. The summed E-state index contributed by atoms with van der Waals surface area (Å²) in [6.07, 6.45) is 0. The minimum atomic E-state index is -0.327. The molecule has 0 spiro atoms. The number of rotatable bonds is 4. The maximum Gasteiger partial charge on any atom is 0.316 e. The molecule has 108 valence electrons. The van der Waals surface area contributed by atoms with E-state index in [0.29, 0.717) is 6.61 Å². The van der Waals surface area contributed by atoms with Crippen molar-refractivity contribution < 1.29 is 9.53 Å². The number of hydrogen-bond acceptors (Lipinski definition) is 3. The summed E-state index contributed by atoms with van der Waals surface area (Å²) >= 11 is 0. The van der Waals surface area contributed by atoms with Crippen molar-refractivity contribution in [1.29, 1.82) is 0 Å². The second kappa shape index (κ2) is 5.65. The Labute approximate surface area is 119 Å². The molecule has 0 saturated carbocycles. The molecule has 1 heterocycles. The Bertz CT molecular complexity index is 629. The fraction of sp³-hybridized carbons (Fsp3) is 0.500. The van der Waals surface area contributed by atoms with Crippen molar-refractivity contribution in [3.8, 4) is 0 Å². The molecule has 4 heteroatoms. The summed E-state index contributed by atoms with van der Waals surface area (Å²) in [5.41, 5.74) is 3.17. The Balaban J connectivity index is 2.57. The zero-order valence-electron chi connectivity index (χ0n) is 12.8. The van der Waals surface area contributed by atoms with E-state index in [1.54, 1.807) is 0 Å². The molecule has 20 heavy (non-hydrogen) atoms. The first-order valence-electron chi connectivity index (χ1n) is 7.06. The molecule has 0 aliphatic carbocycles. The molecule has 2 rings (SSSR count). The number of carbonyl (C=O) groups is 1. The van der Waals surface area contributed by atoms with E-state index in [0.717, 1.165) is 22.4 Å². The van der Waals surface area contributed by atoms with Gasteiger partial charge in [0, 0.05) is 7.05 Å². The summed E-state index contributed by atoms with van der Waals surface area (Å²) in [5, 5.41) is 0. The maximum absolute atomic E-state index is 12.2. The van der Waals surface area contributed by atoms with Crippen LogP contribution in [-0.4, -0.2) is 22.1 Å². The molecule has 0 aliphatic heterocycles. The summed E-state index contributed by atoms with van der Waals surface area (Å²) in [6.45, 7) is 8.32. The van der Waals surface area contributed by atoms with E-state index in [9.17, 15) is 4.79 Å². The molecule has 1 aromatic heterocycles. The summed E-state index contributed by atoms with van der Waals surface area (Å²) < 4.78 is 7.23. The Morgan fingerprint density at radius 2 is 2.10 bits per heavy atom. The lowest BCUT2D eigenvalue weighted by atomic mass is 9.95. The van der Waals surface area contributed by atoms with E-state index in [-0.39, 0.29) is 17.8 Å². The van der Waals surface area contributed by atoms with Crippen LogP contribution < -0.4 is 0 Å². The topological polar surface area (TPSA) is 44.1 Å². The van der Waals surface area contributed by atoms with Crippen LogP contribution in [0.3, 0.4) is 0 Å². The largest absolute Gasteiger partial charge is 0.465 e. The third kappa shape index (κ3) is 2.42. The van der Waals surface area contributed by atoms with Crippen molar-refractivity contribution in [2.24, 2.45) is 13.0 Å². The molecule has 4 nitrogen and oxygen atoms in total. The number of imidazole rings is 1. The Hall–Kier alpha value is -1.84. The van der Waals surface area contributed by atoms with Gasteiger partial charge >= 0.3 is 5.97 Å². The van der Waals surface area contributed by atoms with E-state index >= 15 is 0 Å². The Kier molecular flexibility index (Phi) is 4.12. The van der Waals surface area contributed by atoms with Crippen molar-refractivity contribution in [3.63, 3.8) is 0 Å². The normalized spacial score (nSPS) is 12.9. The van der Waals surface area contributed by atoms with Gasteiger partial charge in [0.1, 0.15) is 11.7 Å². The van der Waals surface area contributed by atoms with Crippen LogP contribution in [0, 0.1) is 12.8 Å². The second-order valence-corrected chi connectivity index (χ2v) is 5.45. The first kappa shape index (κ1) is 14.6. The number of para-hydroxylation sites is 1. The molecule has 1 unspecified atom stereocenters. The van der Waals surface area contributed by atoms with Crippen LogP contribution in [0.5, 0.6) is 0 Å². The van der Waals surface area contributed by atoms with Gasteiger partial charge in [-0.2, -0.15) is 0 Å². The molecular formula is C16H22N2O2. The Morgan fingerprint density at radius 3 is 2.65 bits per heavy atom. The fourth-order valence-corrected chi connectivity index (χ4v) is 2.67. The number of esters is 1. The third-order valence-corrected chi connectivity index (χ3v) is 3.62. The fourth-order valence-electron chi connectivity index (χ4n) is 2.67. The first-order valence-corrected chi connectivity index (χ1v) is 7.06. The molecule has 0 N–H and O–H groups in total. The van der Waals surface area contributed by atoms with Crippen LogP contribution in [0.2, 0.25) is 0 Å². The highest BCUT2D eigenvalue weighted by Crippen LogP contribution is 2.29. The van der Waals surface area contributed by atoms with Gasteiger partial charge in [0.15, 0.2) is 0 Å². The molecule has 0 radical (unpaired) electrons. The SMILES string of the molecule is CCOC(=O)C(c1nc2cccc(C)c2n1C)C(C)C. The average Bonchev–Trinajstić information content (AvgIpc) is 2.68. The van der Waals surface area contributed by atoms with Crippen molar-refractivity contribution in [2.75, 3.05) is 6.61 Å². The van der Waals surface area contributed by atoms with Gasteiger partial charge in [-0.15, -0.1) is 0 Å².